The molecule has 118 valence electrons. The third-order valence-corrected chi connectivity index (χ3v) is 5.42. The first-order chi connectivity index (χ1) is 10.0. The van der Waals surface area contributed by atoms with Crippen molar-refractivity contribution in [3.8, 4) is 0 Å². The zero-order valence-corrected chi connectivity index (χ0v) is 12.8. The summed E-state index contributed by atoms with van der Waals surface area (Å²) in [5.41, 5.74) is 6.14. The van der Waals surface area contributed by atoms with Crippen molar-refractivity contribution < 1.29 is 9.59 Å². The predicted molar refractivity (Wildman–Crippen MR) is 79.5 cm³/mol. The van der Waals surface area contributed by atoms with Crippen molar-refractivity contribution in [2.24, 2.45) is 17.6 Å². The number of carbonyl (C=O) groups excluding carboxylic acids is 2. The molecule has 1 aliphatic carbocycles. The van der Waals surface area contributed by atoms with Gasteiger partial charge in [0.25, 0.3) is 0 Å². The Balaban J connectivity index is 1.46. The molecule has 2 amide bonds. The van der Waals surface area contributed by atoms with Gasteiger partial charge in [-0.2, -0.15) is 0 Å². The highest BCUT2D eigenvalue weighted by atomic mass is 16.2. The minimum absolute atomic E-state index is 0.100. The molecule has 0 radical (unpaired) electrons. The molecule has 3 rings (SSSR count). The molecule has 1 saturated carbocycles. The first-order valence-corrected chi connectivity index (χ1v) is 8.06. The molecule has 3 fully saturated rings. The number of fused-ring (bicyclic) bond motifs is 1. The standard InChI is InChI=1S/C15H26N4O2/c1-11(20)18-4-6-19(7-5-18)15(21)10-17-8-12-2-3-14(16)13(12)9-17/h12-14H,2-10,16H2,1H3. The van der Waals surface area contributed by atoms with Crippen molar-refractivity contribution in [1.82, 2.24) is 14.7 Å². The number of nitrogens with zero attached hydrogens (tertiary/aromatic N) is 3. The van der Waals surface area contributed by atoms with Crippen LogP contribution in [0, 0.1) is 11.8 Å². The van der Waals surface area contributed by atoms with E-state index in [4.69, 9.17) is 5.73 Å². The van der Waals surface area contributed by atoms with Crippen LogP contribution in [0.15, 0.2) is 0 Å². The fourth-order valence-electron chi connectivity index (χ4n) is 4.09. The molecule has 2 heterocycles. The lowest BCUT2D eigenvalue weighted by molar-refractivity contribution is -0.139. The lowest BCUT2D eigenvalue weighted by Crippen LogP contribution is -2.52. The molecule has 2 N–H and O–H groups in total. The maximum absolute atomic E-state index is 12.4. The molecule has 2 saturated heterocycles. The van der Waals surface area contributed by atoms with E-state index in [9.17, 15) is 9.59 Å². The quantitative estimate of drug-likeness (QED) is 0.734. The van der Waals surface area contributed by atoms with Crippen molar-refractivity contribution in [2.45, 2.75) is 25.8 Å². The second kappa shape index (κ2) is 5.93. The van der Waals surface area contributed by atoms with Gasteiger partial charge >= 0.3 is 0 Å². The highest BCUT2D eigenvalue weighted by Gasteiger charge is 2.41. The smallest absolute Gasteiger partial charge is 0.236 e. The van der Waals surface area contributed by atoms with Gasteiger partial charge in [-0.25, -0.2) is 0 Å². The monoisotopic (exact) mass is 294 g/mol. The van der Waals surface area contributed by atoms with Gasteiger partial charge in [0.1, 0.15) is 0 Å². The molecular formula is C15H26N4O2. The summed E-state index contributed by atoms with van der Waals surface area (Å²) in [6.07, 6.45) is 2.36. The molecule has 0 aromatic heterocycles. The van der Waals surface area contributed by atoms with Crippen molar-refractivity contribution in [1.29, 1.82) is 0 Å². The Morgan fingerprint density at radius 3 is 2.33 bits per heavy atom. The first-order valence-electron chi connectivity index (χ1n) is 8.06. The van der Waals surface area contributed by atoms with Crippen LogP contribution in [0.2, 0.25) is 0 Å². The second-order valence-electron chi connectivity index (χ2n) is 6.75. The van der Waals surface area contributed by atoms with Crippen molar-refractivity contribution in [2.75, 3.05) is 45.8 Å². The lowest BCUT2D eigenvalue weighted by atomic mass is 9.98. The molecule has 2 aliphatic heterocycles. The van der Waals surface area contributed by atoms with Gasteiger partial charge < -0.3 is 15.5 Å². The second-order valence-corrected chi connectivity index (χ2v) is 6.75. The predicted octanol–water partition coefficient (Wildman–Crippen LogP) is -0.654. The molecule has 0 spiro atoms. The van der Waals surface area contributed by atoms with E-state index in [1.54, 1.807) is 6.92 Å². The van der Waals surface area contributed by atoms with Crippen LogP contribution in [0.5, 0.6) is 0 Å². The summed E-state index contributed by atoms with van der Waals surface area (Å²) < 4.78 is 0. The van der Waals surface area contributed by atoms with Gasteiger partial charge in [0.2, 0.25) is 11.8 Å². The summed E-state index contributed by atoms with van der Waals surface area (Å²) in [6, 6.07) is 0.328. The summed E-state index contributed by atoms with van der Waals surface area (Å²) >= 11 is 0. The number of nitrogens with two attached hydrogens (primary N) is 1. The highest BCUT2D eigenvalue weighted by Crippen LogP contribution is 2.36. The van der Waals surface area contributed by atoms with Gasteiger partial charge in [-0.15, -0.1) is 0 Å². The average Bonchev–Trinajstić information content (AvgIpc) is 3.01. The number of rotatable bonds is 2. The van der Waals surface area contributed by atoms with Crippen molar-refractivity contribution in [3.05, 3.63) is 0 Å². The number of amides is 2. The van der Waals surface area contributed by atoms with Crippen LogP contribution in [0.25, 0.3) is 0 Å². The van der Waals surface area contributed by atoms with E-state index in [-0.39, 0.29) is 11.8 Å². The van der Waals surface area contributed by atoms with Gasteiger partial charge in [-0.1, -0.05) is 0 Å². The number of hydrogen-bond donors (Lipinski definition) is 1. The van der Waals surface area contributed by atoms with Gasteiger partial charge in [-0.05, 0) is 24.7 Å². The van der Waals surface area contributed by atoms with Crippen LogP contribution in [0.3, 0.4) is 0 Å². The fourth-order valence-corrected chi connectivity index (χ4v) is 4.09. The van der Waals surface area contributed by atoms with Gasteiger partial charge in [0.05, 0.1) is 6.54 Å². The minimum Gasteiger partial charge on any atom is -0.339 e. The molecule has 6 nitrogen and oxygen atoms in total. The summed E-state index contributed by atoms with van der Waals surface area (Å²) in [7, 11) is 0. The number of hydrogen-bond acceptors (Lipinski definition) is 4. The largest absolute Gasteiger partial charge is 0.339 e. The van der Waals surface area contributed by atoms with E-state index < -0.39 is 0 Å². The Bertz CT molecular complexity index is 420. The third-order valence-electron chi connectivity index (χ3n) is 5.42. The zero-order valence-electron chi connectivity index (χ0n) is 12.8. The van der Waals surface area contributed by atoms with Crippen molar-refractivity contribution in [3.63, 3.8) is 0 Å². The molecule has 3 atom stereocenters. The van der Waals surface area contributed by atoms with Gasteiger partial charge in [-0.3, -0.25) is 14.5 Å². The Morgan fingerprint density at radius 2 is 1.71 bits per heavy atom. The molecular weight excluding hydrogens is 268 g/mol. The topological polar surface area (TPSA) is 69.9 Å². The van der Waals surface area contributed by atoms with Crippen LogP contribution in [-0.2, 0) is 9.59 Å². The maximum atomic E-state index is 12.4. The van der Waals surface area contributed by atoms with Crippen LogP contribution in [0.1, 0.15) is 19.8 Å². The van der Waals surface area contributed by atoms with Crippen LogP contribution in [0.4, 0.5) is 0 Å². The molecule has 3 aliphatic rings. The van der Waals surface area contributed by atoms with Gasteiger partial charge in [0, 0.05) is 52.2 Å². The number of likely N-dealkylation sites (tertiary alicyclic amines) is 1. The van der Waals surface area contributed by atoms with E-state index in [0.29, 0.717) is 50.6 Å². The average molecular weight is 294 g/mol. The molecule has 0 bridgehead atoms. The highest BCUT2D eigenvalue weighted by molar-refractivity contribution is 5.79. The summed E-state index contributed by atoms with van der Waals surface area (Å²) in [5, 5.41) is 0. The van der Waals surface area contributed by atoms with Gasteiger partial charge in [0.15, 0.2) is 0 Å². The number of piperazine rings is 1. The molecule has 6 heteroatoms. The van der Waals surface area contributed by atoms with Crippen LogP contribution >= 0.6 is 0 Å². The Kier molecular flexibility index (Phi) is 4.17. The van der Waals surface area contributed by atoms with E-state index in [1.165, 1.54) is 6.42 Å². The first kappa shape index (κ1) is 14.8. The maximum Gasteiger partial charge on any atom is 0.236 e. The summed E-state index contributed by atoms with van der Waals surface area (Å²) in [5.74, 6) is 1.59. The Labute approximate surface area is 126 Å². The molecule has 0 aromatic rings. The lowest BCUT2D eigenvalue weighted by Gasteiger charge is -2.35. The molecule has 0 aromatic carbocycles. The minimum atomic E-state index is 0.100. The fraction of sp³-hybridized carbons (Fsp3) is 0.867. The SMILES string of the molecule is CC(=O)N1CCN(C(=O)CN2CC3CCC(N)C3C2)CC1. The van der Waals surface area contributed by atoms with Crippen molar-refractivity contribution >= 4 is 11.8 Å². The zero-order chi connectivity index (χ0) is 15.0. The summed E-state index contributed by atoms with van der Waals surface area (Å²) in [6.45, 7) is 6.76. The Morgan fingerprint density at radius 1 is 1.05 bits per heavy atom. The van der Waals surface area contributed by atoms with E-state index in [0.717, 1.165) is 19.5 Å². The number of carbonyl (C=O) groups is 2. The Hall–Kier alpha value is -1.14. The van der Waals surface area contributed by atoms with Crippen LogP contribution < -0.4 is 5.73 Å². The normalized spacial score (nSPS) is 33.3. The van der Waals surface area contributed by atoms with E-state index in [1.807, 2.05) is 9.80 Å². The van der Waals surface area contributed by atoms with Crippen LogP contribution in [-0.4, -0.2) is 78.4 Å². The van der Waals surface area contributed by atoms with E-state index in [2.05, 4.69) is 4.90 Å². The van der Waals surface area contributed by atoms with E-state index >= 15 is 0 Å². The molecule has 3 unspecified atom stereocenters. The molecule has 21 heavy (non-hydrogen) atoms. The summed E-state index contributed by atoms with van der Waals surface area (Å²) in [4.78, 5) is 29.7. The third kappa shape index (κ3) is 3.06.